The number of hydrogen-bond donors (Lipinski definition) is 2. The molecule has 110 heavy (non-hydrogen) atoms. The SMILES string of the molecule is COc1ccc(COC(=O)c2nc(N(CCCCCn3cc(COCCOCCNC(=O)COc4cccc5c4C(=O)N(C4CCC(=O)NC4=O)C5=O)nn3)c3cc(C)c(/N=c4\sc5ccccc5n4COCC[Si](C)(C)C)nn3)ccc2-c2cnn(CC34CC5(C)CC(C)(C3)CC(OCCN(C)C)(C5)C4)c2C)cc1. The van der Waals surface area contributed by atoms with E-state index in [0.717, 1.165) is 106 Å². The van der Waals surface area contributed by atoms with Crippen molar-refractivity contribution in [1.82, 2.24) is 65.0 Å². The molecule has 8 aromatic rings. The van der Waals surface area contributed by atoms with Gasteiger partial charge in [-0.3, -0.25) is 48.1 Å². The Kier molecular flexibility index (Phi) is 24.1. The van der Waals surface area contributed by atoms with Crippen molar-refractivity contribution in [2.45, 2.75) is 169 Å². The largest absolute Gasteiger partial charge is 0.497 e. The number of aromatic nitrogens is 9. The molecule has 4 saturated carbocycles. The minimum absolute atomic E-state index is 0.00574. The number of nitrogens with zero attached hydrogens (tertiary/aromatic N) is 13. The smallest absolute Gasteiger partial charge is 0.358 e. The highest BCUT2D eigenvalue weighted by Crippen LogP contribution is 2.72. The number of para-hydroxylation sites is 1. The van der Waals surface area contributed by atoms with Crippen molar-refractivity contribution in [3.05, 3.63) is 141 Å². The summed E-state index contributed by atoms with van der Waals surface area (Å²) in [5.74, 6) is -1.48. The molecule has 3 unspecified atom stereocenters. The zero-order chi connectivity index (χ0) is 77.5. The molecule has 14 rings (SSSR count). The molecule has 3 atom stereocenters. The molecule has 5 amide bonds. The molecule has 0 spiro atoms. The first-order chi connectivity index (χ1) is 52.8. The van der Waals surface area contributed by atoms with E-state index in [4.69, 9.17) is 58.4 Å². The van der Waals surface area contributed by atoms with E-state index in [2.05, 4.69) is 102 Å². The molecule has 0 radical (unpaired) electrons. The summed E-state index contributed by atoms with van der Waals surface area (Å²) in [6.07, 6.45) is 12.5. The number of thiazole rings is 1. The molecule has 6 aliphatic rings. The molecule has 30 heteroatoms. The van der Waals surface area contributed by atoms with E-state index in [-0.39, 0.29) is 96.8 Å². The number of nitrogens with one attached hydrogen (secondary N) is 2. The number of likely N-dealkylation sites (N-methyl/N-ethyl adjacent to an activating group) is 1. The van der Waals surface area contributed by atoms with Crippen LogP contribution in [0.3, 0.4) is 0 Å². The van der Waals surface area contributed by atoms with Gasteiger partial charge in [0.15, 0.2) is 28.7 Å². The summed E-state index contributed by atoms with van der Waals surface area (Å²) < 4.78 is 49.3. The average molecular weight is 1540 g/mol. The molecule has 7 heterocycles. The first kappa shape index (κ1) is 78.7. The number of carbonyl (C=O) groups is 6. The molecule has 3 aromatic carbocycles. The molecular formula is C80H101N15O13SSi. The summed E-state index contributed by atoms with van der Waals surface area (Å²) in [6, 6.07) is 25.9. The molecule has 584 valence electrons. The predicted molar refractivity (Wildman–Crippen MR) is 415 cm³/mol. The van der Waals surface area contributed by atoms with Crippen molar-refractivity contribution in [1.29, 1.82) is 0 Å². The van der Waals surface area contributed by atoms with Gasteiger partial charge >= 0.3 is 5.97 Å². The van der Waals surface area contributed by atoms with Gasteiger partial charge in [-0.2, -0.15) is 10.1 Å². The molecular weight excluding hydrogens is 1440 g/mol. The Morgan fingerprint density at radius 2 is 1.57 bits per heavy atom. The summed E-state index contributed by atoms with van der Waals surface area (Å²) in [7, 11) is 4.48. The molecule has 2 aliphatic heterocycles. The summed E-state index contributed by atoms with van der Waals surface area (Å²) in [4.78, 5) is 94.9. The lowest BCUT2D eigenvalue weighted by Crippen LogP contribution is -2.64. The van der Waals surface area contributed by atoms with Gasteiger partial charge in [0.2, 0.25) is 11.8 Å². The number of amides is 5. The number of anilines is 2. The molecule has 4 aliphatic carbocycles. The van der Waals surface area contributed by atoms with Gasteiger partial charge in [0.25, 0.3) is 17.7 Å². The number of pyridine rings is 1. The number of ether oxygens (including phenoxy) is 7. The third-order valence-electron chi connectivity index (χ3n) is 21.4. The van der Waals surface area contributed by atoms with Gasteiger partial charge in [0, 0.05) is 70.6 Å². The predicted octanol–water partition coefficient (Wildman–Crippen LogP) is 10.7. The second kappa shape index (κ2) is 33.6. The number of aryl methyl sites for hydroxylation is 2. The van der Waals surface area contributed by atoms with Crippen LogP contribution in [0.15, 0.2) is 102 Å². The normalized spacial score (nSPS) is 21.0. The number of piperidine rings is 1. The van der Waals surface area contributed by atoms with E-state index in [1.807, 2.05) is 78.8 Å². The Balaban J connectivity index is 0.673. The number of unbranched alkanes of at least 4 members (excludes halogenated alkanes) is 2. The lowest BCUT2D eigenvalue weighted by molar-refractivity contribution is -0.248. The fourth-order valence-electron chi connectivity index (χ4n) is 17.3. The molecule has 2 N–H and O–H groups in total. The van der Waals surface area contributed by atoms with E-state index in [0.29, 0.717) is 73.9 Å². The van der Waals surface area contributed by atoms with E-state index >= 15 is 4.79 Å². The molecule has 5 aromatic heterocycles. The van der Waals surface area contributed by atoms with Crippen LogP contribution in [0.25, 0.3) is 21.3 Å². The number of methoxy groups -OCH3 is 1. The van der Waals surface area contributed by atoms with Crippen molar-refractivity contribution < 1.29 is 61.9 Å². The third kappa shape index (κ3) is 18.4. The van der Waals surface area contributed by atoms with Gasteiger partial charge in [0.1, 0.15) is 42.4 Å². The maximum atomic E-state index is 15.0. The van der Waals surface area contributed by atoms with Crippen LogP contribution in [0.1, 0.15) is 138 Å². The number of esters is 1. The number of imide groups is 2. The minimum atomic E-state index is -1.33. The number of benzene rings is 3. The molecule has 5 fully saturated rings. The number of hydrogen-bond acceptors (Lipinski definition) is 23. The Hall–Kier alpha value is -9.43. The van der Waals surface area contributed by atoms with E-state index < -0.39 is 56.2 Å². The van der Waals surface area contributed by atoms with Crippen LogP contribution >= 0.6 is 11.3 Å². The zero-order valence-corrected chi connectivity index (χ0v) is 66.5. The van der Waals surface area contributed by atoms with Gasteiger partial charge in [-0.15, -0.1) is 15.3 Å². The Morgan fingerprint density at radius 3 is 2.34 bits per heavy atom. The van der Waals surface area contributed by atoms with Crippen LogP contribution in [0, 0.1) is 30.1 Å². The van der Waals surface area contributed by atoms with Gasteiger partial charge in [-0.1, -0.05) is 80.4 Å². The number of fused-ring (bicyclic) bond motifs is 2. The van der Waals surface area contributed by atoms with Crippen molar-refractivity contribution in [2.75, 3.05) is 85.4 Å². The van der Waals surface area contributed by atoms with Gasteiger partial charge < -0.3 is 48.3 Å². The second-order valence-electron chi connectivity index (χ2n) is 32.4. The van der Waals surface area contributed by atoms with Crippen LogP contribution in [-0.4, -0.2) is 190 Å². The standard InChI is InChI=1S/C80H101N15O13SSi/c1-53-39-66(87-88-71(53)85-76-93(52-105-37-38-110(8,9)10)61-18-12-13-20-64(61)109-76)92(31-15-11-14-30-91-41-56(86-89-91)43-104-36-35-103-33-29-81-68(97)44-106-63-19-16-17-59-69(63)74(100)95(73(59)99)62-26-28-67(96)84-72(62)98)65-27-25-58(70(83-65)75(101)107-42-55-21-23-57(102-7)24-22-55)60-40-82-94(54(60)2)51-79-46-77(3)45-78(4,47-79)49-80(48-77,50-79)108-34-32-90(5)6/h12-13,16-25,27,39-41,62H,11,14-15,26,28-38,42-52H2,1-10H3,(H,81,97)(H,84,96,98)/b85-76-. The van der Waals surface area contributed by atoms with Gasteiger partial charge in [0.05, 0.1) is 79.5 Å². The first-order valence-electron chi connectivity index (χ1n) is 38.0. The highest BCUT2D eigenvalue weighted by molar-refractivity contribution is 7.16. The van der Waals surface area contributed by atoms with Crippen LogP contribution < -0.4 is 29.8 Å². The fraction of sp³-hybridized carbons (Fsp3) is 0.512. The first-order valence-corrected chi connectivity index (χ1v) is 42.5. The minimum Gasteiger partial charge on any atom is -0.497 e. The van der Waals surface area contributed by atoms with Gasteiger partial charge in [-0.25, -0.2) is 9.78 Å². The summed E-state index contributed by atoms with van der Waals surface area (Å²) in [5.41, 5.74) is 5.88. The topological polar surface area (TPSA) is 305 Å². The van der Waals surface area contributed by atoms with Crippen LogP contribution in [0.2, 0.25) is 25.7 Å². The van der Waals surface area contributed by atoms with Crippen molar-refractivity contribution >= 4 is 82.6 Å². The number of rotatable bonds is 37. The summed E-state index contributed by atoms with van der Waals surface area (Å²) in [5, 5.41) is 28.5. The quantitative estimate of drug-likeness (QED) is 0.0158. The molecule has 1 saturated heterocycles. The van der Waals surface area contributed by atoms with Crippen molar-refractivity contribution in [2.24, 2.45) is 21.2 Å². The maximum Gasteiger partial charge on any atom is 0.358 e. The highest BCUT2D eigenvalue weighted by Gasteiger charge is 2.66. The molecule has 28 nitrogen and oxygen atoms in total. The van der Waals surface area contributed by atoms with E-state index in [1.165, 1.54) is 24.6 Å². The highest BCUT2D eigenvalue weighted by atomic mass is 32.1. The van der Waals surface area contributed by atoms with Crippen LogP contribution in [-0.2, 0) is 71.1 Å². The number of carbonyl (C=O) groups excluding carboxylic acids is 6. The average Bonchev–Trinajstić information content (AvgIpc) is 0.827. The fourth-order valence-corrected chi connectivity index (χ4v) is 19.1. The monoisotopic (exact) mass is 1540 g/mol. The maximum absolute atomic E-state index is 15.0. The van der Waals surface area contributed by atoms with Crippen LogP contribution in [0.4, 0.5) is 17.5 Å². The van der Waals surface area contributed by atoms with Gasteiger partial charge in [-0.05, 0) is 180 Å². The van der Waals surface area contributed by atoms with Crippen LogP contribution in [0.5, 0.6) is 11.5 Å². The Labute approximate surface area is 645 Å². The second-order valence-corrected chi connectivity index (χ2v) is 39.0. The van der Waals surface area contributed by atoms with Crippen molar-refractivity contribution in [3.8, 4) is 22.6 Å². The Morgan fingerprint density at radius 1 is 0.782 bits per heavy atom. The van der Waals surface area contributed by atoms with E-state index in [1.54, 1.807) is 23.1 Å². The molecule has 4 bridgehead atoms. The summed E-state index contributed by atoms with van der Waals surface area (Å²) in [6.45, 7) is 21.1. The Bertz CT molecular complexity index is 4760. The third-order valence-corrected chi connectivity index (χ3v) is 24.2. The summed E-state index contributed by atoms with van der Waals surface area (Å²) >= 11 is 1.57. The van der Waals surface area contributed by atoms with Crippen molar-refractivity contribution in [3.63, 3.8) is 0 Å². The lowest BCUT2D eigenvalue weighted by Gasteiger charge is -2.69. The lowest BCUT2D eigenvalue weighted by atomic mass is 9.39. The van der Waals surface area contributed by atoms with E-state index in [9.17, 15) is 24.0 Å². The zero-order valence-electron chi connectivity index (χ0n) is 64.7.